The molecule has 0 atom stereocenters. The largest absolute Gasteiger partial charge is 0.322 e. The van der Waals surface area contributed by atoms with Crippen LogP contribution in [0.25, 0.3) is 0 Å². The van der Waals surface area contributed by atoms with E-state index in [1.54, 1.807) is 0 Å². The molecular formula is C11H16ClN. The lowest BCUT2D eigenvalue weighted by atomic mass is 9.90. The fourth-order valence-corrected chi connectivity index (χ4v) is 2.30. The highest BCUT2D eigenvalue weighted by atomic mass is 35.5. The molecule has 72 valence electrons. The number of benzene rings is 1. The normalized spacial score (nSPS) is 11.8. The highest BCUT2D eigenvalue weighted by molar-refractivity contribution is 6.31. The maximum absolute atomic E-state index is 6.14. The molecule has 2 heteroatoms. The fourth-order valence-electron chi connectivity index (χ4n) is 1.73. The van der Waals surface area contributed by atoms with Gasteiger partial charge in [0.1, 0.15) is 0 Å². The fraction of sp³-hybridized carbons (Fsp3) is 0.455. The standard InChI is InChI=1S/C11H16ClN/c1-7-5-8(2)10(9(12)6-7)11(3,4)13/h5-6H,13H2,1-4H3. The molecule has 0 fully saturated rings. The lowest BCUT2D eigenvalue weighted by Gasteiger charge is -2.23. The minimum absolute atomic E-state index is 0.366. The SMILES string of the molecule is Cc1cc(C)c(C(C)(C)N)c(Cl)c1. The molecule has 0 aromatic heterocycles. The third-order valence-corrected chi connectivity index (χ3v) is 2.37. The first-order valence-electron chi connectivity index (χ1n) is 4.38. The van der Waals surface area contributed by atoms with Crippen LogP contribution in [-0.2, 0) is 5.54 Å². The second kappa shape index (κ2) is 3.32. The van der Waals surface area contributed by atoms with E-state index in [1.807, 2.05) is 33.8 Å². The highest BCUT2D eigenvalue weighted by Crippen LogP contribution is 2.29. The van der Waals surface area contributed by atoms with Gasteiger partial charge in [0.15, 0.2) is 0 Å². The van der Waals surface area contributed by atoms with Crippen LogP contribution in [0.5, 0.6) is 0 Å². The van der Waals surface area contributed by atoms with Gasteiger partial charge in [-0.1, -0.05) is 17.7 Å². The number of nitrogens with two attached hydrogens (primary N) is 1. The van der Waals surface area contributed by atoms with E-state index in [-0.39, 0.29) is 5.54 Å². The summed E-state index contributed by atoms with van der Waals surface area (Å²) in [4.78, 5) is 0. The van der Waals surface area contributed by atoms with Gasteiger partial charge in [-0.05, 0) is 50.5 Å². The van der Waals surface area contributed by atoms with E-state index in [0.29, 0.717) is 0 Å². The molecule has 1 nitrogen and oxygen atoms in total. The van der Waals surface area contributed by atoms with E-state index in [2.05, 4.69) is 6.07 Å². The summed E-state index contributed by atoms with van der Waals surface area (Å²) in [5.74, 6) is 0. The van der Waals surface area contributed by atoms with Crippen LogP contribution in [0, 0.1) is 13.8 Å². The first-order valence-corrected chi connectivity index (χ1v) is 4.76. The predicted molar refractivity (Wildman–Crippen MR) is 58.1 cm³/mol. The van der Waals surface area contributed by atoms with Crippen LogP contribution in [-0.4, -0.2) is 0 Å². The van der Waals surface area contributed by atoms with E-state index >= 15 is 0 Å². The van der Waals surface area contributed by atoms with Crippen molar-refractivity contribution < 1.29 is 0 Å². The Balaban J connectivity index is 3.38. The lowest BCUT2D eigenvalue weighted by Crippen LogP contribution is -2.30. The van der Waals surface area contributed by atoms with Crippen molar-refractivity contribution in [2.75, 3.05) is 0 Å². The Bertz CT molecular complexity index is 300. The van der Waals surface area contributed by atoms with E-state index in [9.17, 15) is 0 Å². The molecule has 0 bridgehead atoms. The van der Waals surface area contributed by atoms with E-state index in [4.69, 9.17) is 17.3 Å². The molecule has 0 spiro atoms. The van der Waals surface area contributed by atoms with E-state index < -0.39 is 0 Å². The number of halogens is 1. The maximum Gasteiger partial charge on any atom is 0.0461 e. The topological polar surface area (TPSA) is 26.0 Å². The van der Waals surface area contributed by atoms with Crippen LogP contribution in [0.2, 0.25) is 5.02 Å². The Hall–Kier alpha value is -0.530. The third kappa shape index (κ3) is 2.23. The maximum atomic E-state index is 6.14. The smallest absolute Gasteiger partial charge is 0.0461 e. The van der Waals surface area contributed by atoms with Gasteiger partial charge in [0.25, 0.3) is 0 Å². The van der Waals surface area contributed by atoms with Gasteiger partial charge >= 0.3 is 0 Å². The third-order valence-electron chi connectivity index (χ3n) is 2.08. The second-order valence-corrected chi connectivity index (χ2v) is 4.57. The quantitative estimate of drug-likeness (QED) is 0.736. The van der Waals surface area contributed by atoms with Crippen LogP contribution in [0.3, 0.4) is 0 Å². The Kier molecular flexibility index (Phi) is 2.69. The molecule has 0 aliphatic carbocycles. The van der Waals surface area contributed by atoms with Crippen molar-refractivity contribution >= 4 is 11.6 Å². The molecule has 0 heterocycles. The van der Waals surface area contributed by atoms with E-state index in [1.165, 1.54) is 5.56 Å². The molecule has 0 unspecified atom stereocenters. The van der Waals surface area contributed by atoms with Gasteiger partial charge in [0.2, 0.25) is 0 Å². The molecule has 1 aromatic carbocycles. The number of aryl methyl sites for hydroxylation is 2. The Morgan fingerprint density at radius 3 is 2.15 bits per heavy atom. The van der Waals surface area contributed by atoms with Gasteiger partial charge in [0.05, 0.1) is 0 Å². The summed E-state index contributed by atoms with van der Waals surface area (Å²) in [7, 11) is 0. The van der Waals surface area contributed by atoms with Crippen molar-refractivity contribution in [2.45, 2.75) is 33.2 Å². The second-order valence-electron chi connectivity index (χ2n) is 4.16. The van der Waals surface area contributed by atoms with Gasteiger partial charge in [-0.25, -0.2) is 0 Å². The Morgan fingerprint density at radius 1 is 1.23 bits per heavy atom. The minimum Gasteiger partial charge on any atom is -0.322 e. The zero-order valence-corrected chi connectivity index (χ0v) is 9.37. The van der Waals surface area contributed by atoms with Gasteiger partial charge in [-0.15, -0.1) is 0 Å². The lowest BCUT2D eigenvalue weighted by molar-refractivity contribution is 0.551. The Morgan fingerprint density at radius 2 is 1.77 bits per heavy atom. The van der Waals surface area contributed by atoms with Crippen molar-refractivity contribution in [1.29, 1.82) is 0 Å². The molecule has 2 N–H and O–H groups in total. The van der Waals surface area contributed by atoms with Gasteiger partial charge < -0.3 is 5.73 Å². The van der Waals surface area contributed by atoms with Gasteiger partial charge in [0, 0.05) is 10.6 Å². The average Bonchev–Trinajstić information content (AvgIpc) is 1.78. The summed E-state index contributed by atoms with van der Waals surface area (Å²) in [6, 6.07) is 4.06. The zero-order valence-electron chi connectivity index (χ0n) is 8.61. The first kappa shape index (κ1) is 10.6. The molecule has 0 amide bonds. The highest BCUT2D eigenvalue weighted by Gasteiger charge is 2.20. The van der Waals surface area contributed by atoms with Crippen LogP contribution in [0.4, 0.5) is 0 Å². The average molecular weight is 198 g/mol. The summed E-state index contributed by atoms with van der Waals surface area (Å²) in [5, 5.41) is 0.769. The predicted octanol–water partition coefficient (Wildman–Crippen LogP) is 3.15. The van der Waals surface area contributed by atoms with Crippen molar-refractivity contribution in [3.8, 4) is 0 Å². The monoisotopic (exact) mass is 197 g/mol. The summed E-state index contributed by atoms with van der Waals surface area (Å²) >= 11 is 6.14. The van der Waals surface area contributed by atoms with Crippen LogP contribution in [0.1, 0.15) is 30.5 Å². The summed E-state index contributed by atoms with van der Waals surface area (Å²) in [6.07, 6.45) is 0. The van der Waals surface area contributed by atoms with Crippen molar-refractivity contribution in [2.24, 2.45) is 5.73 Å². The molecule has 0 aliphatic rings. The van der Waals surface area contributed by atoms with E-state index in [0.717, 1.165) is 16.1 Å². The molecule has 0 saturated heterocycles. The van der Waals surface area contributed by atoms with Crippen LogP contribution < -0.4 is 5.73 Å². The Labute approximate surface area is 84.9 Å². The van der Waals surface area contributed by atoms with Gasteiger partial charge in [-0.3, -0.25) is 0 Å². The van der Waals surface area contributed by atoms with Crippen molar-refractivity contribution in [1.82, 2.24) is 0 Å². The summed E-state index contributed by atoms with van der Waals surface area (Å²) < 4.78 is 0. The van der Waals surface area contributed by atoms with Gasteiger partial charge in [-0.2, -0.15) is 0 Å². The van der Waals surface area contributed by atoms with Crippen LogP contribution >= 0.6 is 11.6 Å². The number of hydrogen-bond acceptors (Lipinski definition) is 1. The van der Waals surface area contributed by atoms with Crippen LogP contribution in [0.15, 0.2) is 12.1 Å². The number of rotatable bonds is 1. The minimum atomic E-state index is -0.366. The summed E-state index contributed by atoms with van der Waals surface area (Å²) in [5.41, 5.74) is 9.04. The molecule has 0 radical (unpaired) electrons. The molecule has 0 aliphatic heterocycles. The molecule has 1 aromatic rings. The van der Waals surface area contributed by atoms with Crippen molar-refractivity contribution in [3.05, 3.63) is 33.8 Å². The number of hydrogen-bond donors (Lipinski definition) is 1. The molecule has 0 saturated carbocycles. The molecular weight excluding hydrogens is 182 g/mol. The summed E-state index contributed by atoms with van der Waals surface area (Å²) in [6.45, 7) is 8.02. The zero-order chi connectivity index (χ0) is 10.2. The molecule has 13 heavy (non-hydrogen) atoms. The molecule has 1 rings (SSSR count). The first-order chi connectivity index (χ1) is 5.82. The van der Waals surface area contributed by atoms with Crippen molar-refractivity contribution in [3.63, 3.8) is 0 Å².